The van der Waals surface area contributed by atoms with Crippen molar-refractivity contribution in [3.05, 3.63) is 96.6 Å². The number of nitrogens with zero attached hydrogens (tertiary/aromatic N) is 2. The first-order chi connectivity index (χ1) is 16.3. The van der Waals surface area contributed by atoms with Crippen molar-refractivity contribution in [2.75, 3.05) is 29.9 Å². The first-order valence-corrected chi connectivity index (χ1v) is 12.3. The number of anilines is 2. The highest BCUT2D eigenvalue weighted by atomic mass is 32.2. The number of sulfonamides is 1. The van der Waals surface area contributed by atoms with E-state index in [-0.39, 0.29) is 10.8 Å². The van der Waals surface area contributed by atoms with E-state index in [1.807, 2.05) is 49.4 Å². The van der Waals surface area contributed by atoms with Gasteiger partial charge in [0.25, 0.3) is 15.9 Å². The lowest BCUT2D eigenvalue weighted by molar-refractivity contribution is 0.0988. The Morgan fingerprint density at radius 3 is 2.18 bits per heavy atom. The maximum Gasteiger partial charge on any atom is 0.264 e. The molecule has 0 aliphatic rings. The molecule has 0 bridgehead atoms. The van der Waals surface area contributed by atoms with E-state index in [1.54, 1.807) is 48.4 Å². The first kappa shape index (κ1) is 23.3. The number of fused-ring (bicyclic) bond motifs is 1. The molecule has 0 heterocycles. The van der Waals surface area contributed by atoms with Crippen LogP contribution in [0.25, 0.3) is 10.8 Å². The average molecular weight is 475 g/mol. The van der Waals surface area contributed by atoms with Gasteiger partial charge in [-0.1, -0.05) is 36.4 Å². The van der Waals surface area contributed by atoms with Crippen LogP contribution in [-0.4, -0.2) is 35.0 Å². The van der Waals surface area contributed by atoms with Gasteiger partial charge in [-0.3, -0.25) is 9.10 Å². The molecule has 34 heavy (non-hydrogen) atoms. The zero-order valence-corrected chi connectivity index (χ0v) is 20.1. The monoisotopic (exact) mass is 474 g/mol. The van der Waals surface area contributed by atoms with Crippen LogP contribution in [0.3, 0.4) is 0 Å². The molecule has 0 radical (unpaired) electrons. The van der Waals surface area contributed by atoms with Crippen molar-refractivity contribution in [2.45, 2.75) is 11.8 Å². The quantitative estimate of drug-likeness (QED) is 0.363. The number of rotatable bonds is 7. The minimum Gasteiger partial charge on any atom is -0.497 e. The van der Waals surface area contributed by atoms with E-state index < -0.39 is 10.0 Å². The van der Waals surface area contributed by atoms with Gasteiger partial charge >= 0.3 is 0 Å². The second kappa shape index (κ2) is 9.57. The summed E-state index contributed by atoms with van der Waals surface area (Å²) in [6.45, 7) is 2.34. The van der Waals surface area contributed by atoms with Crippen molar-refractivity contribution in [1.82, 2.24) is 0 Å². The van der Waals surface area contributed by atoms with Crippen LogP contribution < -0.4 is 13.9 Å². The van der Waals surface area contributed by atoms with Crippen LogP contribution >= 0.6 is 0 Å². The van der Waals surface area contributed by atoms with Gasteiger partial charge in [0.15, 0.2) is 0 Å². The third kappa shape index (κ3) is 4.47. The largest absolute Gasteiger partial charge is 0.497 e. The molecule has 6 nitrogen and oxygen atoms in total. The maximum absolute atomic E-state index is 13.4. The summed E-state index contributed by atoms with van der Waals surface area (Å²) >= 11 is 0. The lowest BCUT2D eigenvalue weighted by atomic mass is 10.1. The molecule has 0 saturated heterocycles. The van der Waals surface area contributed by atoms with Crippen LogP contribution in [0, 0.1) is 0 Å². The Kier molecular flexibility index (Phi) is 6.56. The zero-order chi connectivity index (χ0) is 24.3. The molecule has 0 aliphatic heterocycles. The highest BCUT2D eigenvalue weighted by molar-refractivity contribution is 7.92. The third-order valence-corrected chi connectivity index (χ3v) is 7.56. The second-order valence-electron chi connectivity index (χ2n) is 7.78. The van der Waals surface area contributed by atoms with Gasteiger partial charge in [-0.15, -0.1) is 0 Å². The molecule has 4 aromatic carbocycles. The Labute approximate surface area is 200 Å². The molecule has 0 fully saturated rings. The molecule has 0 spiro atoms. The standard InChI is InChI=1S/C27H26N2O4S/c1-4-29(24-13-12-20-8-5-6-9-21(20)18-24)27(30)22-10-7-11-26(19-22)34(31,32)28(2)23-14-16-25(33-3)17-15-23/h5-19H,4H2,1-3H3. The summed E-state index contributed by atoms with van der Waals surface area (Å²) in [5, 5.41) is 2.12. The van der Waals surface area contributed by atoms with Crippen molar-refractivity contribution in [2.24, 2.45) is 0 Å². The maximum atomic E-state index is 13.4. The molecule has 0 aliphatic carbocycles. The summed E-state index contributed by atoms with van der Waals surface area (Å²) in [7, 11) is -0.835. The van der Waals surface area contributed by atoms with Crippen molar-refractivity contribution in [3.8, 4) is 5.75 Å². The number of carbonyl (C=O) groups excluding carboxylic acids is 1. The van der Waals surface area contributed by atoms with Crippen LogP contribution in [0.1, 0.15) is 17.3 Å². The van der Waals surface area contributed by atoms with Crippen molar-refractivity contribution >= 4 is 38.1 Å². The van der Waals surface area contributed by atoms with Crippen molar-refractivity contribution in [3.63, 3.8) is 0 Å². The first-order valence-electron chi connectivity index (χ1n) is 10.9. The van der Waals surface area contributed by atoms with Gasteiger partial charge in [0, 0.05) is 24.8 Å². The van der Waals surface area contributed by atoms with Crippen LogP contribution in [0.5, 0.6) is 5.75 Å². The second-order valence-corrected chi connectivity index (χ2v) is 9.75. The fourth-order valence-corrected chi connectivity index (χ4v) is 5.06. The summed E-state index contributed by atoms with van der Waals surface area (Å²) in [4.78, 5) is 15.1. The van der Waals surface area contributed by atoms with Gasteiger partial charge in [-0.25, -0.2) is 8.42 Å². The zero-order valence-electron chi connectivity index (χ0n) is 19.3. The van der Waals surface area contributed by atoms with Crippen molar-refractivity contribution < 1.29 is 17.9 Å². The normalized spacial score (nSPS) is 11.3. The number of amides is 1. The fraction of sp³-hybridized carbons (Fsp3) is 0.148. The van der Waals surface area contributed by atoms with Gasteiger partial charge < -0.3 is 9.64 Å². The molecular weight excluding hydrogens is 448 g/mol. The Balaban J connectivity index is 1.65. The molecule has 0 unspecified atom stereocenters. The van der Waals surface area contributed by atoms with E-state index in [1.165, 1.54) is 23.5 Å². The third-order valence-electron chi connectivity index (χ3n) is 5.78. The smallest absolute Gasteiger partial charge is 0.264 e. The van der Waals surface area contributed by atoms with Gasteiger partial charge in [-0.05, 0) is 72.3 Å². The topological polar surface area (TPSA) is 66.9 Å². The van der Waals surface area contributed by atoms with E-state index >= 15 is 0 Å². The number of benzene rings is 4. The van der Waals surface area contributed by atoms with Crippen LogP contribution in [0.15, 0.2) is 95.9 Å². The number of methoxy groups -OCH3 is 1. The average Bonchev–Trinajstić information content (AvgIpc) is 2.88. The van der Waals surface area contributed by atoms with E-state index in [4.69, 9.17) is 4.74 Å². The van der Waals surface area contributed by atoms with Gasteiger partial charge in [-0.2, -0.15) is 0 Å². The Hall–Kier alpha value is -3.84. The summed E-state index contributed by atoms with van der Waals surface area (Å²) in [6, 6.07) is 26.7. The number of hydrogen-bond donors (Lipinski definition) is 0. The van der Waals surface area contributed by atoms with E-state index in [9.17, 15) is 13.2 Å². The summed E-state index contributed by atoms with van der Waals surface area (Å²) < 4.78 is 32.9. The number of hydrogen-bond acceptors (Lipinski definition) is 4. The molecule has 0 N–H and O–H groups in total. The Morgan fingerprint density at radius 1 is 0.824 bits per heavy atom. The molecule has 174 valence electrons. The molecule has 4 aromatic rings. The molecule has 0 aromatic heterocycles. The Bertz CT molecular complexity index is 1430. The Morgan fingerprint density at radius 2 is 1.50 bits per heavy atom. The fourth-order valence-electron chi connectivity index (χ4n) is 3.82. The number of carbonyl (C=O) groups is 1. The molecule has 1 amide bonds. The van der Waals surface area contributed by atoms with E-state index in [2.05, 4.69) is 0 Å². The van der Waals surface area contributed by atoms with Crippen LogP contribution in [-0.2, 0) is 10.0 Å². The summed E-state index contributed by atoms with van der Waals surface area (Å²) in [6.07, 6.45) is 0. The van der Waals surface area contributed by atoms with Gasteiger partial charge in [0.05, 0.1) is 17.7 Å². The SMILES string of the molecule is CCN(C(=O)c1cccc(S(=O)(=O)N(C)c2ccc(OC)cc2)c1)c1ccc2ccccc2c1. The molecule has 4 rings (SSSR count). The van der Waals surface area contributed by atoms with Gasteiger partial charge in [0.2, 0.25) is 0 Å². The lowest BCUT2D eigenvalue weighted by Crippen LogP contribution is -2.31. The van der Waals surface area contributed by atoms with E-state index in [0.29, 0.717) is 23.5 Å². The predicted octanol–water partition coefficient (Wildman–Crippen LogP) is 5.34. The van der Waals surface area contributed by atoms with Crippen LogP contribution in [0.4, 0.5) is 11.4 Å². The highest BCUT2D eigenvalue weighted by Crippen LogP contribution is 2.27. The summed E-state index contributed by atoms with van der Waals surface area (Å²) in [5.74, 6) is 0.373. The van der Waals surface area contributed by atoms with Crippen LogP contribution in [0.2, 0.25) is 0 Å². The minimum atomic E-state index is -3.87. The van der Waals surface area contributed by atoms with Gasteiger partial charge in [0.1, 0.15) is 5.75 Å². The minimum absolute atomic E-state index is 0.0474. The number of ether oxygens (including phenoxy) is 1. The molecular formula is C27H26N2O4S. The molecule has 0 atom stereocenters. The molecule has 7 heteroatoms. The summed E-state index contributed by atoms with van der Waals surface area (Å²) in [5.41, 5.74) is 1.55. The lowest BCUT2D eigenvalue weighted by Gasteiger charge is -2.23. The molecule has 0 saturated carbocycles. The van der Waals surface area contributed by atoms with E-state index in [0.717, 1.165) is 16.5 Å². The van der Waals surface area contributed by atoms with Crippen molar-refractivity contribution in [1.29, 1.82) is 0 Å². The highest BCUT2D eigenvalue weighted by Gasteiger charge is 2.24. The predicted molar refractivity (Wildman–Crippen MR) is 136 cm³/mol.